The van der Waals surface area contributed by atoms with E-state index in [9.17, 15) is 9.59 Å². The van der Waals surface area contributed by atoms with E-state index in [1.807, 2.05) is 0 Å². The molecule has 5 nitrogen and oxygen atoms in total. The first kappa shape index (κ1) is 9.39. The van der Waals surface area contributed by atoms with Crippen LogP contribution in [0, 0.1) is 0 Å². The van der Waals surface area contributed by atoms with Crippen molar-refractivity contribution in [1.29, 1.82) is 0 Å². The summed E-state index contributed by atoms with van der Waals surface area (Å²) in [6.07, 6.45) is 3.02. The Morgan fingerprint density at radius 1 is 1.47 bits per heavy atom. The zero-order valence-electron chi connectivity index (χ0n) is 7.97. The SMILES string of the molecule is CC(=O)c1ccn2cc(C(=O)O)nc2c1. The molecule has 0 amide bonds. The van der Waals surface area contributed by atoms with Crippen LogP contribution in [0.3, 0.4) is 0 Å². The van der Waals surface area contributed by atoms with Crippen LogP contribution in [-0.2, 0) is 0 Å². The third-order valence-electron chi connectivity index (χ3n) is 2.09. The van der Waals surface area contributed by atoms with Crippen LogP contribution < -0.4 is 0 Å². The number of imidazole rings is 1. The fourth-order valence-electron chi connectivity index (χ4n) is 1.30. The van der Waals surface area contributed by atoms with Crippen molar-refractivity contribution >= 4 is 17.4 Å². The number of nitrogens with zero attached hydrogens (tertiary/aromatic N) is 2. The van der Waals surface area contributed by atoms with Gasteiger partial charge in [-0.2, -0.15) is 0 Å². The smallest absolute Gasteiger partial charge is 0.356 e. The lowest BCUT2D eigenvalue weighted by molar-refractivity contribution is 0.0691. The summed E-state index contributed by atoms with van der Waals surface area (Å²) in [5.74, 6) is -1.15. The van der Waals surface area contributed by atoms with Crippen LogP contribution in [0.25, 0.3) is 5.65 Å². The average Bonchev–Trinajstić information content (AvgIpc) is 2.59. The van der Waals surface area contributed by atoms with E-state index in [1.165, 1.54) is 13.1 Å². The van der Waals surface area contributed by atoms with Gasteiger partial charge in [-0.1, -0.05) is 0 Å². The Labute approximate surface area is 85.0 Å². The molecule has 1 N–H and O–H groups in total. The highest BCUT2D eigenvalue weighted by molar-refractivity contribution is 5.95. The van der Waals surface area contributed by atoms with E-state index < -0.39 is 5.97 Å². The molecule has 0 spiro atoms. The highest BCUT2D eigenvalue weighted by Crippen LogP contribution is 2.08. The molecule has 0 fully saturated rings. The fourth-order valence-corrected chi connectivity index (χ4v) is 1.30. The second kappa shape index (κ2) is 3.20. The first-order chi connectivity index (χ1) is 7.08. The molecule has 5 heteroatoms. The van der Waals surface area contributed by atoms with Gasteiger partial charge in [0, 0.05) is 18.0 Å². The van der Waals surface area contributed by atoms with Gasteiger partial charge in [0.2, 0.25) is 0 Å². The summed E-state index contributed by atoms with van der Waals surface area (Å²) in [4.78, 5) is 25.6. The van der Waals surface area contributed by atoms with E-state index in [0.29, 0.717) is 11.2 Å². The Morgan fingerprint density at radius 3 is 2.80 bits per heavy atom. The molecule has 0 saturated carbocycles. The van der Waals surface area contributed by atoms with E-state index in [1.54, 1.807) is 22.7 Å². The molecule has 0 unspecified atom stereocenters. The number of aromatic nitrogens is 2. The molecule has 15 heavy (non-hydrogen) atoms. The van der Waals surface area contributed by atoms with E-state index in [-0.39, 0.29) is 11.5 Å². The van der Waals surface area contributed by atoms with Crippen molar-refractivity contribution in [1.82, 2.24) is 9.38 Å². The maximum absolute atomic E-state index is 11.1. The van der Waals surface area contributed by atoms with Crippen LogP contribution >= 0.6 is 0 Å². The van der Waals surface area contributed by atoms with Crippen molar-refractivity contribution in [2.75, 3.05) is 0 Å². The van der Waals surface area contributed by atoms with Crippen LogP contribution in [0.15, 0.2) is 24.5 Å². The number of carbonyl (C=O) groups excluding carboxylic acids is 1. The molecule has 2 aromatic heterocycles. The van der Waals surface area contributed by atoms with Crippen LogP contribution in [-0.4, -0.2) is 26.2 Å². The maximum Gasteiger partial charge on any atom is 0.356 e. The largest absolute Gasteiger partial charge is 0.476 e. The molecule has 0 aliphatic carbocycles. The third kappa shape index (κ3) is 1.59. The summed E-state index contributed by atoms with van der Waals surface area (Å²) >= 11 is 0. The number of carbonyl (C=O) groups is 2. The first-order valence-corrected chi connectivity index (χ1v) is 4.31. The number of aromatic carboxylic acids is 1. The minimum absolute atomic E-state index is 0.0318. The third-order valence-corrected chi connectivity index (χ3v) is 2.09. The second-order valence-corrected chi connectivity index (χ2v) is 3.17. The zero-order chi connectivity index (χ0) is 11.0. The Hall–Kier alpha value is -2.17. The molecular weight excluding hydrogens is 196 g/mol. The molecule has 76 valence electrons. The van der Waals surface area contributed by atoms with Crippen LogP contribution in [0.2, 0.25) is 0 Å². The summed E-state index contributed by atoms with van der Waals surface area (Å²) < 4.78 is 1.57. The minimum atomic E-state index is -1.08. The zero-order valence-corrected chi connectivity index (χ0v) is 7.97. The summed E-state index contributed by atoms with van der Waals surface area (Å²) in [7, 11) is 0. The van der Waals surface area contributed by atoms with Gasteiger partial charge < -0.3 is 9.51 Å². The fraction of sp³-hybridized carbons (Fsp3) is 0.100. The lowest BCUT2D eigenvalue weighted by atomic mass is 10.2. The van der Waals surface area contributed by atoms with Crippen molar-refractivity contribution in [3.8, 4) is 0 Å². The Kier molecular flexibility index (Phi) is 2.00. The number of carboxylic acid groups (broad SMARTS) is 1. The van der Waals surface area contributed by atoms with E-state index in [0.717, 1.165) is 0 Å². The molecule has 2 heterocycles. The van der Waals surface area contributed by atoms with Gasteiger partial charge >= 0.3 is 5.97 Å². The highest BCUT2D eigenvalue weighted by Gasteiger charge is 2.09. The predicted octanol–water partition coefficient (Wildman–Crippen LogP) is 1.24. The van der Waals surface area contributed by atoms with Crippen molar-refractivity contribution in [2.24, 2.45) is 0 Å². The molecule has 0 bridgehead atoms. The number of ketones is 1. The van der Waals surface area contributed by atoms with Gasteiger partial charge in [-0.05, 0) is 19.1 Å². The monoisotopic (exact) mass is 204 g/mol. The summed E-state index contributed by atoms with van der Waals surface area (Å²) in [6.45, 7) is 1.45. The quantitative estimate of drug-likeness (QED) is 0.747. The Balaban J connectivity index is 2.62. The maximum atomic E-state index is 11.1. The molecule has 0 aliphatic rings. The first-order valence-electron chi connectivity index (χ1n) is 4.31. The number of Topliss-reactive ketones (excluding diaryl/α,β-unsaturated/α-hetero) is 1. The topological polar surface area (TPSA) is 71.7 Å². The van der Waals surface area contributed by atoms with Crippen LogP contribution in [0.4, 0.5) is 0 Å². The van der Waals surface area contributed by atoms with Crippen LogP contribution in [0.1, 0.15) is 27.8 Å². The van der Waals surface area contributed by atoms with Crippen molar-refractivity contribution < 1.29 is 14.7 Å². The average molecular weight is 204 g/mol. The van der Waals surface area contributed by atoms with Gasteiger partial charge in [0.05, 0.1) is 0 Å². The lowest BCUT2D eigenvalue weighted by Gasteiger charge is -1.95. The van der Waals surface area contributed by atoms with Crippen molar-refractivity contribution in [3.63, 3.8) is 0 Å². The van der Waals surface area contributed by atoms with Crippen molar-refractivity contribution in [3.05, 3.63) is 35.8 Å². The molecule has 0 aromatic carbocycles. The van der Waals surface area contributed by atoms with E-state index in [4.69, 9.17) is 5.11 Å². The van der Waals surface area contributed by atoms with Gasteiger partial charge in [-0.25, -0.2) is 9.78 Å². The second-order valence-electron chi connectivity index (χ2n) is 3.17. The van der Waals surface area contributed by atoms with Crippen LogP contribution in [0.5, 0.6) is 0 Å². The molecule has 0 radical (unpaired) electrons. The number of carboxylic acids is 1. The summed E-state index contributed by atoms with van der Waals surface area (Å²) in [6, 6.07) is 3.19. The standard InChI is InChI=1S/C10H8N2O3/c1-6(13)7-2-3-12-5-8(10(14)15)11-9(12)4-7/h2-5H,1H3,(H,14,15). The number of rotatable bonds is 2. The predicted molar refractivity (Wildman–Crippen MR) is 52.2 cm³/mol. The van der Waals surface area contributed by atoms with Crippen molar-refractivity contribution in [2.45, 2.75) is 6.92 Å². The molecule has 0 aliphatic heterocycles. The van der Waals surface area contributed by atoms with E-state index >= 15 is 0 Å². The number of fused-ring (bicyclic) bond motifs is 1. The Morgan fingerprint density at radius 2 is 2.20 bits per heavy atom. The summed E-state index contributed by atoms with van der Waals surface area (Å²) in [5, 5.41) is 8.72. The van der Waals surface area contributed by atoms with E-state index in [2.05, 4.69) is 4.98 Å². The molecule has 2 rings (SSSR count). The number of pyridine rings is 1. The van der Waals surface area contributed by atoms with Gasteiger partial charge in [0.15, 0.2) is 11.5 Å². The number of hydrogen-bond donors (Lipinski definition) is 1. The minimum Gasteiger partial charge on any atom is -0.476 e. The van der Waals surface area contributed by atoms with Gasteiger partial charge in [-0.15, -0.1) is 0 Å². The van der Waals surface area contributed by atoms with Gasteiger partial charge in [0.25, 0.3) is 0 Å². The number of hydrogen-bond acceptors (Lipinski definition) is 3. The molecule has 2 aromatic rings. The molecular formula is C10H8N2O3. The van der Waals surface area contributed by atoms with Gasteiger partial charge in [0.1, 0.15) is 5.65 Å². The normalized spacial score (nSPS) is 10.5. The summed E-state index contributed by atoms with van der Waals surface area (Å²) in [5.41, 5.74) is 0.945. The Bertz CT molecular complexity index is 545. The van der Waals surface area contributed by atoms with Gasteiger partial charge in [-0.3, -0.25) is 4.79 Å². The lowest BCUT2D eigenvalue weighted by Crippen LogP contribution is -1.95. The molecule has 0 saturated heterocycles. The molecule has 0 atom stereocenters. The highest BCUT2D eigenvalue weighted by atomic mass is 16.4.